The molecule has 0 aliphatic rings. The summed E-state index contributed by atoms with van der Waals surface area (Å²) in [5.74, 6) is 0. The van der Waals surface area contributed by atoms with E-state index >= 15 is 0 Å². The van der Waals surface area contributed by atoms with Crippen LogP contribution in [0.2, 0.25) is 5.02 Å². The molecule has 1 aromatic carbocycles. The number of aromatic nitrogens is 3. The standard InChI is InChI=1S/C13H10ClN3O/c1-16-12-3-2-9(17-5-4-15-8-17)6-10(12)11(14)7-13(16)18/h2-8H,1H3. The Balaban J connectivity index is 2.34. The van der Waals surface area contributed by atoms with Crippen LogP contribution in [0.1, 0.15) is 0 Å². The smallest absolute Gasteiger partial charge is 0.252 e. The Hall–Kier alpha value is -2.07. The second-order valence-electron chi connectivity index (χ2n) is 4.06. The third-order valence-electron chi connectivity index (χ3n) is 2.98. The Kier molecular flexibility index (Phi) is 2.45. The number of aryl methyl sites for hydroxylation is 1. The topological polar surface area (TPSA) is 39.8 Å². The molecule has 0 radical (unpaired) electrons. The van der Waals surface area contributed by atoms with E-state index in [9.17, 15) is 4.79 Å². The highest BCUT2D eigenvalue weighted by molar-refractivity contribution is 6.35. The minimum atomic E-state index is -0.108. The number of hydrogen-bond acceptors (Lipinski definition) is 2. The van der Waals surface area contributed by atoms with Crippen molar-refractivity contribution in [3.63, 3.8) is 0 Å². The van der Waals surface area contributed by atoms with Crippen molar-refractivity contribution in [2.45, 2.75) is 0 Å². The lowest BCUT2D eigenvalue weighted by molar-refractivity contribution is 0.905. The summed E-state index contributed by atoms with van der Waals surface area (Å²) in [4.78, 5) is 15.6. The number of fused-ring (bicyclic) bond motifs is 1. The second-order valence-corrected chi connectivity index (χ2v) is 4.47. The molecule has 18 heavy (non-hydrogen) atoms. The first-order valence-corrected chi connectivity index (χ1v) is 5.82. The number of benzene rings is 1. The summed E-state index contributed by atoms with van der Waals surface area (Å²) in [6.45, 7) is 0. The van der Waals surface area contributed by atoms with E-state index in [2.05, 4.69) is 4.98 Å². The summed E-state index contributed by atoms with van der Waals surface area (Å²) in [6.07, 6.45) is 5.29. The van der Waals surface area contributed by atoms with Crippen molar-refractivity contribution in [2.75, 3.05) is 0 Å². The summed E-state index contributed by atoms with van der Waals surface area (Å²) >= 11 is 6.13. The van der Waals surface area contributed by atoms with Gasteiger partial charge in [0.1, 0.15) is 0 Å². The summed E-state index contributed by atoms with van der Waals surface area (Å²) < 4.78 is 3.47. The normalized spacial score (nSPS) is 11.0. The zero-order valence-corrected chi connectivity index (χ0v) is 10.4. The molecule has 2 heterocycles. The van der Waals surface area contributed by atoms with E-state index in [0.29, 0.717) is 5.02 Å². The fourth-order valence-electron chi connectivity index (χ4n) is 1.98. The zero-order chi connectivity index (χ0) is 12.7. The van der Waals surface area contributed by atoms with Crippen LogP contribution < -0.4 is 5.56 Å². The minimum Gasteiger partial charge on any atom is -0.311 e. The van der Waals surface area contributed by atoms with Gasteiger partial charge in [0.15, 0.2) is 0 Å². The van der Waals surface area contributed by atoms with Crippen LogP contribution in [0, 0.1) is 0 Å². The molecular formula is C13H10ClN3O. The van der Waals surface area contributed by atoms with E-state index in [-0.39, 0.29) is 5.56 Å². The van der Waals surface area contributed by atoms with Crippen LogP contribution in [0.15, 0.2) is 47.8 Å². The number of hydrogen-bond donors (Lipinski definition) is 0. The van der Waals surface area contributed by atoms with Gasteiger partial charge in [-0.2, -0.15) is 0 Å². The molecule has 90 valence electrons. The summed E-state index contributed by atoms with van der Waals surface area (Å²) in [5, 5.41) is 1.32. The molecule has 0 N–H and O–H groups in total. The van der Waals surface area contributed by atoms with Gasteiger partial charge in [0.25, 0.3) is 5.56 Å². The average molecular weight is 260 g/mol. The maximum absolute atomic E-state index is 11.6. The lowest BCUT2D eigenvalue weighted by Gasteiger charge is -2.09. The summed E-state index contributed by atoms with van der Waals surface area (Å²) in [7, 11) is 1.73. The summed E-state index contributed by atoms with van der Waals surface area (Å²) in [6, 6.07) is 7.19. The van der Waals surface area contributed by atoms with E-state index in [4.69, 9.17) is 11.6 Å². The molecule has 3 aromatic rings. The monoisotopic (exact) mass is 259 g/mol. The maximum atomic E-state index is 11.6. The summed E-state index contributed by atoms with van der Waals surface area (Å²) in [5.41, 5.74) is 1.67. The van der Waals surface area contributed by atoms with Gasteiger partial charge in [0, 0.05) is 36.6 Å². The molecule has 0 aliphatic carbocycles. The van der Waals surface area contributed by atoms with Gasteiger partial charge in [-0.05, 0) is 18.2 Å². The highest BCUT2D eigenvalue weighted by Gasteiger charge is 2.06. The van der Waals surface area contributed by atoms with Crippen LogP contribution in [0.3, 0.4) is 0 Å². The first-order valence-electron chi connectivity index (χ1n) is 5.44. The first kappa shape index (κ1) is 11.0. The number of halogens is 1. The molecule has 0 atom stereocenters. The van der Waals surface area contributed by atoms with E-state index in [1.54, 1.807) is 24.1 Å². The molecule has 5 heteroatoms. The SMILES string of the molecule is Cn1c(=O)cc(Cl)c2cc(-n3ccnc3)ccc21. The van der Waals surface area contributed by atoms with Gasteiger partial charge >= 0.3 is 0 Å². The fourth-order valence-corrected chi connectivity index (χ4v) is 2.23. The van der Waals surface area contributed by atoms with E-state index in [0.717, 1.165) is 16.6 Å². The number of rotatable bonds is 1. The van der Waals surface area contributed by atoms with Gasteiger partial charge in [-0.15, -0.1) is 0 Å². The zero-order valence-electron chi connectivity index (χ0n) is 9.67. The fraction of sp³-hybridized carbons (Fsp3) is 0.0769. The highest BCUT2D eigenvalue weighted by atomic mass is 35.5. The van der Waals surface area contributed by atoms with E-state index < -0.39 is 0 Å². The first-order chi connectivity index (χ1) is 8.66. The molecule has 0 saturated heterocycles. The Bertz CT molecular complexity index is 775. The molecule has 0 unspecified atom stereocenters. The van der Waals surface area contributed by atoms with Crippen LogP contribution in [0.4, 0.5) is 0 Å². The quantitative estimate of drug-likeness (QED) is 0.673. The molecular weight excluding hydrogens is 250 g/mol. The van der Waals surface area contributed by atoms with Crippen molar-refractivity contribution in [3.8, 4) is 5.69 Å². The van der Waals surface area contributed by atoms with Crippen LogP contribution in [0.25, 0.3) is 16.6 Å². The van der Waals surface area contributed by atoms with E-state index in [1.165, 1.54) is 6.07 Å². The van der Waals surface area contributed by atoms with E-state index in [1.807, 2.05) is 29.0 Å². The van der Waals surface area contributed by atoms with Crippen molar-refractivity contribution in [3.05, 3.63) is 58.4 Å². The van der Waals surface area contributed by atoms with Crippen molar-refractivity contribution in [2.24, 2.45) is 7.05 Å². The van der Waals surface area contributed by atoms with Gasteiger partial charge in [-0.25, -0.2) is 4.98 Å². The largest absolute Gasteiger partial charge is 0.311 e. The predicted octanol–water partition coefficient (Wildman–Crippen LogP) is 2.38. The number of pyridine rings is 1. The van der Waals surface area contributed by atoms with Gasteiger partial charge in [0.05, 0.1) is 16.9 Å². The van der Waals surface area contributed by atoms with Crippen LogP contribution in [-0.4, -0.2) is 14.1 Å². The third kappa shape index (κ3) is 1.62. The Labute approximate surface area is 108 Å². The Morgan fingerprint density at radius 3 is 2.83 bits per heavy atom. The van der Waals surface area contributed by atoms with Gasteiger partial charge in [0.2, 0.25) is 0 Å². The molecule has 3 rings (SSSR count). The predicted molar refractivity (Wildman–Crippen MR) is 71.3 cm³/mol. The van der Waals surface area contributed by atoms with Crippen molar-refractivity contribution < 1.29 is 0 Å². The molecule has 0 amide bonds. The molecule has 0 saturated carbocycles. The van der Waals surface area contributed by atoms with Crippen molar-refractivity contribution in [1.29, 1.82) is 0 Å². The molecule has 0 fully saturated rings. The molecule has 0 aliphatic heterocycles. The van der Waals surface area contributed by atoms with Crippen molar-refractivity contribution in [1.82, 2.24) is 14.1 Å². The van der Waals surface area contributed by atoms with Gasteiger partial charge in [-0.3, -0.25) is 4.79 Å². The lowest BCUT2D eigenvalue weighted by atomic mass is 10.2. The van der Waals surface area contributed by atoms with Gasteiger partial charge < -0.3 is 9.13 Å². The lowest BCUT2D eigenvalue weighted by Crippen LogP contribution is -2.15. The number of imidazole rings is 1. The van der Waals surface area contributed by atoms with Gasteiger partial charge in [-0.1, -0.05) is 11.6 Å². The minimum absolute atomic E-state index is 0.108. The molecule has 0 spiro atoms. The Morgan fingerprint density at radius 1 is 1.28 bits per heavy atom. The van der Waals surface area contributed by atoms with Crippen LogP contribution in [-0.2, 0) is 7.05 Å². The van der Waals surface area contributed by atoms with Crippen molar-refractivity contribution >= 4 is 22.5 Å². The molecule has 4 nitrogen and oxygen atoms in total. The maximum Gasteiger partial charge on any atom is 0.252 e. The van der Waals surface area contributed by atoms with Crippen LogP contribution >= 0.6 is 11.6 Å². The third-order valence-corrected chi connectivity index (χ3v) is 3.29. The Morgan fingerprint density at radius 2 is 2.11 bits per heavy atom. The molecule has 0 bridgehead atoms. The number of nitrogens with zero attached hydrogens (tertiary/aromatic N) is 3. The highest BCUT2D eigenvalue weighted by Crippen LogP contribution is 2.23. The molecule has 2 aromatic heterocycles. The average Bonchev–Trinajstić information content (AvgIpc) is 2.89. The second kappa shape index (κ2) is 3.99. The van der Waals surface area contributed by atoms with Crippen LogP contribution in [0.5, 0.6) is 0 Å².